The maximum absolute atomic E-state index is 14.5. The highest BCUT2D eigenvalue weighted by Crippen LogP contribution is 2.50. The highest BCUT2D eigenvalue weighted by atomic mass is 32.1. The van der Waals surface area contributed by atoms with Crippen molar-refractivity contribution in [2.75, 3.05) is 19.0 Å². The number of aromatic nitrogens is 4. The summed E-state index contributed by atoms with van der Waals surface area (Å²) in [5.41, 5.74) is 7.85. The third kappa shape index (κ3) is 4.95. The third-order valence-electron chi connectivity index (χ3n) is 10.1. The molecule has 1 unspecified atom stereocenters. The van der Waals surface area contributed by atoms with Crippen molar-refractivity contribution in [1.82, 2.24) is 25.1 Å². The summed E-state index contributed by atoms with van der Waals surface area (Å²) in [7, 11) is 1.50. The maximum Gasteiger partial charge on any atom is 0.257 e. The number of thiazole rings is 1. The molecule has 50 heavy (non-hydrogen) atoms. The van der Waals surface area contributed by atoms with E-state index < -0.39 is 0 Å². The van der Waals surface area contributed by atoms with Gasteiger partial charge >= 0.3 is 0 Å². The first-order valence-corrected chi connectivity index (χ1v) is 17.6. The van der Waals surface area contributed by atoms with Crippen LogP contribution in [-0.2, 0) is 19.3 Å². The van der Waals surface area contributed by atoms with E-state index in [1.807, 2.05) is 29.2 Å². The summed E-state index contributed by atoms with van der Waals surface area (Å²) in [5, 5.41) is 12.9. The number of rotatable bonds is 8. The number of hydrogen-bond acceptors (Lipinski definition) is 9. The van der Waals surface area contributed by atoms with Gasteiger partial charge in [0.2, 0.25) is 11.8 Å². The Balaban J connectivity index is 1.20. The number of methoxy groups -OCH3 is 1. The molecule has 12 heteroatoms. The number of amides is 1. The molecule has 3 aliphatic rings. The van der Waals surface area contributed by atoms with Crippen LogP contribution in [-0.4, -0.2) is 44.6 Å². The van der Waals surface area contributed by atoms with E-state index in [0.29, 0.717) is 59.1 Å². The quantitative estimate of drug-likeness (QED) is 0.171. The molecule has 1 saturated heterocycles. The number of carbonyl (C=O) groups excluding carboxylic acids is 1. The summed E-state index contributed by atoms with van der Waals surface area (Å²) < 4.78 is 40.6. The van der Waals surface area contributed by atoms with Crippen molar-refractivity contribution in [3.8, 4) is 27.8 Å². The predicted molar refractivity (Wildman–Crippen MR) is 185 cm³/mol. The third-order valence-corrected chi connectivity index (χ3v) is 11.2. The molecule has 0 spiro atoms. The van der Waals surface area contributed by atoms with Crippen LogP contribution in [0.2, 0.25) is 0 Å². The zero-order chi connectivity index (χ0) is 34.1. The molecule has 2 atom stereocenters. The van der Waals surface area contributed by atoms with Crippen molar-refractivity contribution in [3.63, 3.8) is 0 Å². The largest absolute Gasteiger partial charge is 0.493 e. The summed E-state index contributed by atoms with van der Waals surface area (Å²) >= 11 is 1.50. The molecule has 252 valence electrons. The molecule has 3 aromatic heterocycles. The van der Waals surface area contributed by atoms with Crippen molar-refractivity contribution in [2.45, 2.75) is 57.5 Å². The normalized spacial score (nSPS) is 17.8. The second kappa shape index (κ2) is 12.0. The Kier molecular flexibility index (Phi) is 7.38. The summed E-state index contributed by atoms with van der Waals surface area (Å²) in [5.74, 6) is 0.277. The molecule has 0 saturated carbocycles. The summed E-state index contributed by atoms with van der Waals surface area (Å²) in [6, 6.07) is 15.6. The van der Waals surface area contributed by atoms with Gasteiger partial charge in [-0.25, -0.2) is 13.8 Å². The molecule has 5 heterocycles. The van der Waals surface area contributed by atoms with Crippen LogP contribution in [0.25, 0.3) is 32.2 Å². The molecular formula is C38H32F2N6O3S. The minimum Gasteiger partial charge on any atom is -0.493 e. The molecule has 1 aliphatic carbocycles. The summed E-state index contributed by atoms with van der Waals surface area (Å²) in [4.78, 5) is 26.5. The molecule has 1 amide bonds. The number of anilines is 1. The first-order chi connectivity index (χ1) is 24.4. The number of nitrogens with zero attached hydrogens (tertiary/aromatic N) is 5. The van der Waals surface area contributed by atoms with Crippen molar-refractivity contribution >= 4 is 33.1 Å². The van der Waals surface area contributed by atoms with Gasteiger partial charge in [-0.2, -0.15) is 0 Å². The smallest absolute Gasteiger partial charge is 0.257 e. The van der Waals surface area contributed by atoms with Gasteiger partial charge in [0.15, 0.2) is 11.6 Å². The van der Waals surface area contributed by atoms with Crippen LogP contribution in [0.4, 0.5) is 14.5 Å². The monoisotopic (exact) mass is 690 g/mol. The maximum atomic E-state index is 14.5. The molecule has 3 aromatic carbocycles. The Labute approximate surface area is 290 Å². The fourth-order valence-electron chi connectivity index (χ4n) is 7.86. The second-order valence-corrected chi connectivity index (χ2v) is 14.0. The minimum atomic E-state index is -0.356. The van der Waals surface area contributed by atoms with Gasteiger partial charge in [0, 0.05) is 24.6 Å². The van der Waals surface area contributed by atoms with E-state index in [0.717, 1.165) is 63.2 Å². The van der Waals surface area contributed by atoms with Gasteiger partial charge in [-0.05, 0) is 80.0 Å². The lowest BCUT2D eigenvalue weighted by Crippen LogP contribution is -2.22. The first-order valence-electron chi connectivity index (χ1n) is 16.8. The van der Waals surface area contributed by atoms with Crippen LogP contribution < -0.4 is 10.1 Å². The van der Waals surface area contributed by atoms with Crippen molar-refractivity contribution < 1.29 is 22.7 Å². The number of benzene rings is 3. The molecule has 9 rings (SSSR count). The van der Waals surface area contributed by atoms with E-state index in [9.17, 15) is 13.6 Å². The Bertz CT molecular complexity index is 2320. The van der Waals surface area contributed by atoms with Crippen molar-refractivity contribution in [1.29, 1.82) is 0 Å². The van der Waals surface area contributed by atoms with Gasteiger partial charge in [0.1, 0.15) is 10.8 Å². The molecule has 1 fully saturated rings. The molecule has 1 N–H and O–H groups in total. The highest BCUT2D eigenvalue weighted by Gasteiger charge is 2.45. The van der Waals surface area contributed by atoms with E-state index in [-0.39, 0.29) is 35.5 Å². The zero-order valence-corrected chi connectivity index (χ0v) is 28.2. The molecule has 9 nitrogen and oxygen atoms in total. The topological polar surface area (TPSA) is 106 Å². The van der Waals surface area contributed by atoms with Crippen molar-refractivity contribution in [3.05, 3.63) is 106 Å². The highest BCUT2D eigenvalue weighted by molar-refractivity contribution is 7.22. The Morgan fingerprint density at radius 3 is 2.66 bits per heavy atom. The lowest BCUT2D eigenvalue weighted by atomic mass is 9.94. The molecule has 0 radical (unpaired) electrons. The average Bonchev–Trinajstić information content (AvgIpc) is 3.96. The van der Waals surface area contributed by atoms with Crippen LogP contribution in [0.1, 0.15) is 75.7 Å². The molecule has 2 aliphatic heterocycles. The van der Waals surface area contributed by atoms with Crippen molar-refractivity contribution in [2.24, 2.45) is 0 Å². The number of carbonyl (C=O) groups is 1. The predicted octanol–water partition coefficient (Wildman–Crippen LogP) is 8.18. The van der Waals surface area contributed by atoms with Crippen LogP contribution in [0, 0.1) is 18.6 Å². The van der Waals surface area contributed by atoms with Crippen LogP contribution in [0.3, 0.4) is 0 Å². The van der Waals surface area contributed by atoms with E-state index in [1.165, 1.54) is 36.6 Å². The number of ether oxygens (including phenoxy) is 1. The van der Waals surface area contributed by atoms with Gasteiger partial charge in [-0.15, -0.1) is 21.5 Å². The lowest BCUT2D eigenvalue weighted by molar-refractivity contribution is 0.0776. The van der Waals surface area contributed by atoms with Crippen LogP contribution in [0.15, 0.2) is 59.0 Å². The number of halogens is 2. The Hall–Kier alpha value is -5.23. The Morgan fingerprint density at radius 2 is 1.86 bits per heavy atom. The first kappa shape index (κ1) is 30.8. The van der Waals surface area contributed by atoms with Gasteiger partial charge in [-0.3, -0.25) is 9.78 Å². The number of aryl methyl sites for hydroxylation is 3. The van der Waals surface area contributed by atoms with E-state index in [1.54, 1.807) is 19.1 Å². The average molecular weight is 691 g/mol. The lowest BCUT2D eigenvalue weighted by Gasteiger charge is -2.17. The van der Waals surface area contributed by atoms with E-state index in [2.05, 4.69) is 15.5 Å². The number of hydrogen-bond donors (Lipinski definition) is 1. The SMILES string of the molecule is COc1c(F)ccc2c1CC[C@H]2Nc1cccc2nc(-c3c4c(nc(CCc5ccc(F)cc5)c3-c3nnc(C)o3)C3CCCN3C4=O)sc12. The van der Waals surface area contributed by atoms with Gasteiger partial charge in [0.25, 0.3) is 5.91 Å². The standard InChI is InChI=1S/C38H32F2N6O3S/c1-19-44-45-36(49-19)30-26(16-10-20-8-11-21(39)12-9-20)42-33-29-7-4-18-46(29)38(47)32(33)31(30)37-43-28-6-3-5-27(35(28)50-37)41-25-17-14-23-22(25)13-15-24(40)34(23)48-2/h3,5-6,8-9,11-13,15,25,29,41H,4,7,10,14,16-18H2,1-2H3/t25-,29?/m1/s1. The zero-order valence-electron chi connectivity index (χ0n) is 27.4. The molecular weight excluding hydrogens is 659 g/mol. The van der Waals surface area contributed by atoms with E-state index >= 15 is 0 Å². The minimum absolute atomic E-state index is 0.0374. The number of fused-ring (bicyclic) bond motifs is 5. The van der Waals surface area contributed by atoms with E-state index in [4.69, 9.17) is 19.1 Å². The Morgan fingerprint density at radius 1 is 1.00 bits per heavy atom. The summed E-state index contributed by atoms with van der Waals surface area (Å²) in [6.07, 6.45) is 4.35. The molecule has 0 bridgehead atoms. The number of nitrogens with one attached hydrogen (secondary N) is 1. The van der Waals surface area contributed by atoms with Crippen LogP contribution in [0.5, 0.6) is 5.75 Å². The fraction of sp³-hybridized carbons (Fsp3) is 0.289. The number of pyridine rings is 1. The summed E-state index contributed by atoms with van der Waals surface area (Å²) in [6.45, 7) is 2.40. The van der Waals surface area contributed by atoms with Crippen LogP contribution >= 0.6 is 11.3 Å². The molecule has 6 aromatic rings. The van der Waals surface area contributed by atoms with Gasteiger partial charge in [-0.1, -0.05) is 24.3 Å². The van der Waals surface area contributed by atoms with Gasteiger partial charge < -0.3 is 19.4 Å². The van der Waals surface area contributed by atoms with Gasteiger partial charge in [0.05, 0.1) is 57.6 Å². The fourth-order valence-corrected chi connectivity index (χ4v) is 8.96. The second-order valence-electron chi connectivity index (χ2n) is 13.0.